The van der Waals surface area contributed by atoms with E-state index in [0.29, 0.717) is 12.5 Å². The first-order valence-electron chi connectivity index (χ1n) is 7.81. The van der Waals surface area contributed by atoms with Crippen molar-refractivity contribution in [1.82, 2.24) is 9.97 Å². The number of aromatic nitrogens is 2. The zero-order valence-electron chi connectivity index (χ0n) is 14.0. The Morgan fingerprint density at radius 1 is 1.14 bits per heavy atom. The summed E-state index contributed by atoms with van der Waals surface area (Å²) in [6.07, 6.45) is 1.92. The molecule has 0 fully saturated rings. The Hall–Kier alpha value is -1.36. The van der Waals surface area contributed by atoms with Crippen LogP contribution in [0, 0.1) is 0 Å². The van der Waals surface area contributed by atoms with Gasteiger partial charge in [-0.15, -0.1) is 0 Å². The molecule has 0 saturated carbocycles. The Labute approximate surface area is 128 Å². The molecule has 5 nitrogen and oxygen atoms in total. The van der Waals surface area contributed by atoms with Crippen LogP contribution < -0.4 is 10.1 Å². The lowest BCUT2D eigenvalue weighted by molar-refractivity contribution is 0.147. The maximum absolute atomic E-state index is 5.66. The van der Waals surface area contributed by atoms with Crippen molar-refractivity contribution in [1.29, 1.82) is 0 Å². The third-order valence-corrected chi connectivity index (χ3v) is 2.80. The fourth-order valence-corrected chi connectivity index (χ4v) is 1.67. The van der Waals surface area contributed by atoms with Gasteiger partial charge in [0.15, 0.2) is 0 Å². The van der Waals surface area contributed by atoms with Crippen LogP contribution in [0.2, 0.25) is 0 Å². The highest BCUT2D eigenvalue weighted by Gasteiger charge is 2.19. The van der Waals surface area contributed by atoms with Gasteiger partial charge in [0, 0.05) is 31.2 Å². The molecule has 1 N–H and O–H groups in total. The third-order valence-electron chi connectivity index (χ3n) is 2.80. The fraction of sp³-hybridized carbons (Fsp3) is 0.750. The molecule has 0 aliphatic rings. The maximum atomic E-state index is 5.66. The average molecular weight is 295 g/mol. The van der Waals surface area contributed by atoms with E-state index in [-0.39, 0.29) is 5.41 Å². The van der Waals surface area contributed by atoms with Gasteiger partial charge in [-0.05, 0) is 19.8 Å². The van der Waals surface area contributed by atoms with Crippen LogP contribution in [0.15, 0.2) is 6.07 Å². The Kier molecular flexibility index (Phi) is 7.43. The lowest BCUT2D eigenvalue weighted by Crippen LogP contribution is -2.18. The van der Waals surface area contributed by atoms with Crippen LogP contribution in [0.1, 0.15) is 53.3 Å². The minimum Gasteiger partial charge on any atom is -0.478 e. The van der Waals surface area contributed by atoms with Gasteiger partial charge in [0.2, 0.25) is 5.88 Å². The molecule has 1 heterocycles. The standard InChI is InChI=1S/C16H29N3O2/c1-6-10-21-14-12-13(17-9-8-11-20-7-2)18-15(19-14)16(3,4)5/h12H,6-11H2,1-5H3,(H,17,18,19). The number of hydrogen-bond acceptors (Lipinski definition) is 5. The van der Waals surface area contributed by atoms with E-state index < -0.39 is 0 Å². The Morgan fingerprint density at radius 3 is 2.52 bits per heavy atom. The zero-order chi connectivity index (χ0) is 15.7. The highest BCUT2D eigenvalue weighted by atomic mass is 16.5. The van der Waals surface area contributed by atoms with Crippen LogP contribution in [0.5, 0.6) is 5.88 Å². The molecule has 0 aliphatic heterocycles. The van der Waals surface area contributed by atoms with E-state index in [1.54, 1.807) is 0 Å². The lowest BCUT2D eigenvalue weighted by Gasteiger charge is -2.19. The van der Waals surface area contributed by atoms with Gasteiger partial charge >= 0.3 is 0 Å². The zero-order valence-corrected chi connectivity index (χ0v) is 14.0. The van der Waals surface area contributed by atoms with E-state index in [4.69, 9.17) is 9.47 Å². The summed E-state index contributed by atoms with van der Waals surface area (Å²) in [6.45, 7) is 13.4. The van der Waals surface area contributed by atoms with Crippen molar-refractivity contribution in [3.63, 3.8) is 0 Å². The maximum Gasteiger partial charge on any atom is 0.218 e. The Bertz CT molecular complexity index is 416. The number of nitrogens with one attached hydrogen (secondary N) is 1. The van der Waals surface area contributed by atoms with Crippen LogP contribution in [0.25, 0.3) is 0 Å². The lowest BCUT2D eigenvalue weighted by atomic mass is 9.96. The van der Waals surface area contributed by atoms with E-state index >= 15 is 0 Å². The second-order valence-corrected chi connectivity index (χ2v) is 5.99. The molecule has 0 atom stereocenters. The molecule has 1 rings (SSSR count). The molecule has 0 bridgehead atoms. The largest absolute Gasteiger partial charge is 0.478 e. The predicted octanol–water partition coefficient (Wildman–Crippen LogP) is 3.40. The van der Waals surface area contributed by atoms with Crippen molar-refractivity contribution < 1.29 is 9.47 Å². The first-order valence-corrected chi connectivity index (χ1v) is 7.81. The summed E-state index contributed by atoms with van der Waals surface area (Å²) in [7, 11) is 0. The van der Waals surface area contributed by atoms with Gasteiger partial charge in [-0.1, -0.05) is 27.7 Å². The monoisotopic (exact) mass is 295 g/mol. The SMILES string of the molecule is CCCOc1cc(NCCCOCC)nc(C(C)(C)C)n1. The molecule has 1 aromatic heterocycles. The smallest absolute Gasteiger partial charge is 0.218 e. The second-order valence-electron chi connectivity index (χ2n) is 5.99. The van der Waals surface area contributed by atoms with E-state index in [1.165, 1.54) is 0 Å². The van der Waals surface area contributed by atoms with E-state index in [0.717, 1.165) is 44.2 Å². The first-order chi connectivity index (χ1) is 9.97. The van der Waals surface area contributed by atoms with E-state index in [1.807, 2.05) is 13.0 Å². The van der Waals surface area contributed by atoms with Crippen LogP contribution in [-0.4, -0.2) is 36.3 Å². The summed E-state index contributed by atoms with van der Waals surface area (Å²) in [4.78, 5) is 9.09. The summed E-state index contributed by atoms with van der Waals surface area (Å²) in [5.74, 6) is 2.25. The van der Waals surface area contributed by atoms with Crippen LogP contribution >= 0.6 is 0 Å². The van der Waals surface area contributed by atoms with Crippen LogP contribution in [0.4, 0.5) is 5.82 Å². The average Bonchev–Trinajstić information content (AvgIpc) is 2.44. The molecule has 21 heavy (non-hydrogen) atoms. The van der Waals surface area contributed by atoms with Crippen molar-refractivity contribution in [3.05, 3.63) is 11.9 Å². The number of hydrogen-bond donors (Lipinski definition) is 1. The Balaban J connectivity index is 2.72. The van der Waals surface area contributed by atoms with Gasteiger partial charge in [0.25, 0.3) is 0 Å². The molecular formula is C16H29N3O2. The van der Waals surface area contributed by atoms with Crippen LogP contribution in [0.3, 0.4) is 0 Å². The molecule has 0 spiro atoms. The van der Waals surface area contributed by atoms with Gasteiger partial charge in [-0.3, -0.25) is 0 Å². The van der Waals surface area contributed by atoms with E-state index in [2.05, 4.69) is 43.0 Å². The number of anilines is 1. The summed E-state index contributed by atoms with van der Waals surface area (Å²) < 4.78 is 11.0. The molecule has 1 aromatic rings. The van der Waals surface area contributed by atoms with Crippen molar-refractivity contribution >= 4 is 5.82 Å². The molecule has 0 aromatic carbocycles. The highest BCUT2D eigenvalue weighted by Crippen LogP contribution is 2.23. The first kappa shape index (κ1) is 17.7. The van der Waals surface area contributed by atoms with Gasteiger partial charge in [-0.2, -0.15) is 4.98 Å². The summed E-state index contributed by atoms with van der Waals surface area (Å²) >= 11 is 0. The quantitative estimate of drug-likeness (QED) is 0.708. The highest BCUT2D eigenvalue weighted by molar-refractivity contribution is 5.39. The summed E-state index contributed by atoms with van der Waals surface area (Å²) in [5.41, 5.74) is -0.104. The number of ether oxygens (including phenoxy) is 2. The van der Waals surface area contributed by atoms with Gasteiger partial charge in [0.1, 0.15) is 11.6 Å². The van der Waals surface area contributed by atoms with Gasteiger partial charge < -0.3 is 14.8 Å². The number of rotatable bonds is 9. The second kappa shape index (κ2) is 8.82. The van der Waals surface area contributed by atoms with Crippen molar-refractivity contribution in [2.24, 2.45) is 0 Å². The van der Waals surface area contributed by atoms with Crippen molar-refractivity contribution in [2.75, 3.05) is 31.7 Å². The molecule has 0 radical (unpaired) electrons. The van der Waals surface area contributed by atoms with Crippen molar-refractivity contribution in [2.45, 2.75) is 52.9 Å². The molecule has 5 heteroatoms. The van der Waals surface area contributed by atoms with Crippen LogP contribution in [-0.2, 0) is 10.2 Å². The Morgan fingerprint density at radius 2 is 1.90 bits per heavy atom. The predicted molar refractivity (Wildman–Crippen MR) is 86.1 cm³/mol. The molecule has 120 valence electrons. The van der Waals surface area contributed by atoms with Gasteiger partial charge in [0.05, 0.1) is 6.61 Å². The molecular weight excluding hydrogens is 266 g/mol. The minimum absolute atomic E-state index is 0.104. The summed E-state index contributed by atoms with van der Waals surface area (Å²) in [5, 5.41) is 3.32. The fourth-order valence-electron chi connectivity index (χ4n) is 1.67. The molecule has 0 amide bonds. The summed E-state index contributed by atoms with van der Waals surface area (Å²) in [6, 6.07) is 1.87. The van der Waals surface area contributed by atoms with Gasteiger partial charge in [-0.25, -0.2) is 4.98 Å². The van der Waals surface area contributed by atoms with E-state index in [9.17, 15) is 0 Å². The molecule has 0 saturated heterocycles. The normalized spacial score (nSPS) is 11.5. The minimum atomic E-state index is -0.104. The van der Waals surface area contributed by atoms with Crippen molar-refractivity contribution in [3.8, 4) is 5.88 Å². The molecule has 0 aliphatic carbocycles. The number of nitrogens with zero attached hydrogens (tertiary/aromatic N) is 2. The topological polar surface area (TPSA) is 56.3 Å². The third kappa shape index (κ3) is 6.76. The molecule has 0 unspecified atom stereocenters.